The van der Waals surface area contributed by atoms with E-state index in [-0.39, 0.29) is 23.7 Å². The van der Waals surface area contributed by atoms with Crippen molar-refractivity contribution in [3.63, 3.8) is 0 Å². The van der Waals surface area contributed by atoms with Crippen LogP contribution < -0.4 is 15.0 Å². The largest absolute Gasteiger partial charge is 0.493 e. The second-order valence-corrected chi connectivity index (χ2v) is 6.04. The van der Waals surface area contributed by atoms with E-state index >= 15 is 0 Å². The molecule has 1 unspecified atom stereocenters. The minimum atomic E-state index is -0.760. The predicted molar refractivity (Wildman–Crippen MR) is 93.3 cm³/mol. The Kier molecular flexibility index (Phi) is 4.79. The molecule has 1 aliphatic carbocycles. The van der Waals surface area contributed by atoms with E-state index in [1.54, 1.807) is 20.3 Å². The van der Waals surface area contributed by atoms with Gasteiger partial charge in [-0.1, -0.05) is 6.07 Å². The van der Waals surface area contributed by atoms with Gasteiger partial charge in [0.25, 0.3) is 5.56 Å². The van der Waals surface area contributed by atoms with Crippen molar-refractivity contribution in [3.05, 3.63) is 57.0 Å². The maximum absolute atomic E-state index is 12.6. The summed E-state index contributed by atoms with van der Waals surface area (Å²) in [6.07, 6.45) is 0.752. The molecule has 0 aliphatic heterocycles. The molecule has 0 saturated heterocycles. The third-order valence-electron chi connectivity index (χ3n) is 4.59. The average Bonchev–Trinajstić information content (AvgIpc) is 2.66. The Bertz CT molecular complexity index is 930. The summed E-state index contributed by atoms with van der Waals surface area (Å²) in [4.78, 5) is 39.0. The molecule has 1 atom stereocenters. The lowest BCUT2D eigenvalue weighted by atomic mass is 9.81. The van der Waals surface area contributed by atoms with Gasteiger partial charge < -0.3 is 19.2 Å². The fraction of sp³-hybridized carbons (Fsp3) is 0.316. The molecule has 1 heterocycles. The number of aromatic nitrogens is 1. The second-order valence-electron chi connectivity index (χ2n) is 6.04. The number of hydrogen-bond donors (Lipinski definition) is 1. The molecule has 0 fully saturated rings. The molecule has 7 nitrogen and oxygen atoms in total. The molecule has 0 bridgehead atoms. The maximum atomic E-state index is 12.6. The highest BCUT2D eigenvalue weighted by Crippen LogP contribution is 2.36. The Morgan fingerprint density at radius 1 is 1.04 bits per heavy atom. The van der Waals surface area contributed by atoms with Crippen molar-refractivity contribution in [1.82, 2.24) is 4.98 Å². The zero-order chi connectivity index (χ0) is 18.8. The number of methoxy groups -OCH3 is 3. The van der Waals surface area contributed by atoms with Crippen molar-refractivity contribution in [2.24, 2.45) is 0 Å². The molecule has 0 amide bonds. The molecular weight excluding hydrogens is 338 g/mol. The fourth-order valence-electron chi connectivity index (χ4n) is 3.23. The molecule has 26 heavy (non-hydrogen) atoms. The lowest BCUT2D eigenvalue weighted by Crippen LogP contribution is -2.27. The number of H-pyrrole nitrogens is 1. The number of carbonyl (C=O) groups is 2. The van der Waals surface area contributed by atoms with Crippen LogP contribution in [0, 0.1) is 0 Å². The Balaban J connectivity index is 1.98. The van der Waals surface area contributed by atoms with Crippen molar-refractivity contribution in [2.45, 2.75) is 18.8 Å². The quantitative estimate of drug-likeness (QED) is 0.842. The Morgan fingerprint density at radius 3 is 2.42 bits per heavy atom. The molecule has 1 aliphatic rings. The molecule has 3 rings (SSSR count). The number of esters is 1. The average molecular weight is 357 g/mol. The van der Waals surface area contributed by atoms with Crippen LogP contribution in [0.15, 0.2) is 29.1 Å². The molecular formula is C19H19NO6. The van der Waals surface area contributed by atoms with Crippen LogP contribution in [0.5, 0.6) is 11.5 Å². The van der Waals surface area contributed by atoms with Crippen molar-refractivity contribution in [2.75, 3.05) is 21.3 Å². The molecule has 2 aromatic rings. The molecule has 0 radical (unpaired) electrons. The van der Waals surface area contributed by atoms with E-state index in [1.807, 2.05) is 12.1 Å². The fourth-order valence-corrected chi connectivity index (χ4v) is 3.23. The number of fused-ring (bicyclic) bond motifs is 1. The number of benzene rings is 1. The van der Waals surface area contributed by atoms with Gasteiger partial charge in [-0.05, 0) is 36.1 Å². The third-order valence-corrected chi connectivity index (χ3v) is 4.59. The molecule has 0 spiro atoms. The van der Waals surface area contributed by atoms with Crippen LogP contribution in [0.3, 0.4) is 0 Å². The van der Waals surface area contributed by atoms with Gasteiger partial charge in [0.05, 0.1) is 21.3 Å². The van der Waals surface area contributed by atoms with Gasteiger partial charge in [0.2, 0.25) is 0 Å². The van der Waals surface area contributed by atoms with Gasteiger partial charge in [-0.15, -0.1) is 0 Å². The molecule has 0 saturated carbocycles. The van der Waals surface area contributed by atoms with Gasteiger partial charge in [0.1, 0.15) is 5.56 Å². The molecule has 1 N–H and O–H groups in total. The molecule has 1 aromatic heterocycles. The van der Waals surface area contributed by atoms with Crippen molar-refractivity contribution < 1.29 is 23.8 Å². The Hall–Kier alpha value is -3.09. The first-order valence-corrected chi connectivity index (χ1v) is 8.08. The topological polar surface area (TPSA) is 94.7 Å². The lowest BCUT2D eigenvalue weighted by molar-refractivity contribution is 0.0598. The van der Waals surface area contributed by atoms with Crippen LogP contribution in [0.4, 0.5) is 0 Å². The SMILES string of the molecule is COC(=O)c1cc2c([nH]c1=O)CC(c1ccc(OC)c(OC)c1)CC2=O. The van der Waals surface area contributed by atoms with Gasteiger partial charge in [0, 0.05) is 17.7 Å². The monoisotopic (exact) mass is 357 g/mol. The molecule has 7 heteroatoms. The summed E-state index contributed by atoms with van der Waals surface area (Å²) < 4.78 is 15.1. The maximum Gasteiger partial charge on any atom is 0.343 e. The summed E-state index contributed by atoms with van der Waals surface area (Å²) in [5.41, 5.74) is 1.08. The zero-order valence-corrected chi connectivity index (χ0v) is 14.8. The Labute approximate surface area is 149 Å². The minimum Gasteiger partial charge on any atom is -0.493 e. The first kappa shape index (κ1) is 17.7. The van der Waals surface area contributed by atoms with E-state index in [0.29, 0.717) is 29.2 Å². The summed E-state index contributed by atoms with van der Waals surface area (Å²) in [7, 11) is 4.30. The van der Waals surface area contributed by atoms with Crippen LogP contribution in [-0.4, -0.2) is 38.1 Å². The number of ether oxygens (including phenoxy) is 3. The first-order valence-electron chi connectivity index (χ1n) is 8.08. The number of carbonyl (C=O) groups excluding carboxylic acids is 2. The van der Waals surface area contributed by atoms with Crippen LogP contribution in [0.2, 0.25) is 0 Å². The van der Waals surface area contributed by atoms with E-state index in [1.165, 1.54) is 13.2 Å². The summed E-state index contributed by atoms with van der Waals surface area (Å²) in [6.45, 7) is 0. The van der Waals surface area contributed by atoms with E-state index in [9.17, 15) is 14.4 Å². The highest BCUT2D eigenvalue weighted by Gasteiger charge is 2.29. The smallest absolute Gasteiger partial charge is 0.343 e. The number of nitrogens with one attached hydrogen (secondary N) is 1. The summed E-state index contributed by atoms with van der Waals surface area (Å²) in [5.74, 6) is 0.193. The molecule has 136 valence electrons. The van der Waals surface area contributed by atoms with E-state index in [0.717, 1.165) is 5.56 Å². The van der Waals surface area contributed by atoms with Gasteiger partial charge in [0.15, 0.2) is 17.3 Å². The van der Waals surface area contributed by atoms with E-state index in [2.05, 4.69) is 9.72 Å². The van der Waals surface area contributed by atoms with Crippen LogP contribution in [0.25, 0.3) is 0 Å². The second kappa shape index (κ2) is 7.03. The van der Waals surface area contributed by atoms with Crippen molar-refractivity contribution in [3.8, 4) is 11.5 Å². The van der Waals surface area contributed by atoms with E-state index < -0.39 is 11.5 Å². The summed E-state index contributed by atoms with van der Waals surface area (Å²) in [5, 5.41) is 0. The highest BCUT2D eigenvalue weighted by atomic mass is 16.5. The minimum absolute atomic E-state index is 0.102. The normalized spacial score (nSPS) is 16.0. The summed E-state index contributed by atoms with van der Waals surface area (Å²) >= 11 is 0. The van der Waals surface area contributed by atoms with Crippen molar-refractivity contribution in [1.29, 1.82) is 0 Å². The number of hydrogen-bond acceptors (Lipinski definition) is 6. The number of aromatic amines is 1. The lowest BCUT2D eigenvalue weighted by Gasteiger charge is -2.24. The number of rotatable bonds is 4. The number of pyridine rings is 1. The third kappa shape index (κ3) is 3.08. The number of Topliss-reactive ketones (excluding diaryl/α,β-unsaturated/α-hetero) is 1. The van der Waals surface area contributed by atoms with Gasteiger partial charge >= 0.3 is 5.97 Å². The van der Waals surface area contributed by atoms with Crippen LogP contribution in [-0.2, 0) is 11.2 Å². The van der Waals surface area contributed by atoms with Gasteiger partial charge in [-0.2, -0.15) is 0 Å². The number of ketones is 1. The van der Waals surface area contributed by atoms with E-state index in [4.69, 9.17) is 9.47 Å². The highest BCUT2D eigenvalue weighted by molar-refractivity contribution is 6.01. The molecule has 1 aromatic carbocycles. The van der Waals surface area contributed by atoms with Crippen LogP contribution >= 0.6 is 0 Å². The predicted octanol–water partition coefficient (Wildman–Crippen LogP) is 2.09. The van der Waals surface area contributed by atoms with Gasteiger partial charge in [-0.25, -0.2) is 4.79 Å². The first-order chi connectivity index (χ1) is 12.5. The zero-order valence-electron chi connectivity index (χ0n) is 14.8. The van der Waals surface area contributed by atoms with Crippen molar-refractivity contribution >= 4 is 11.8 Å². The Morgan fingerprint density at radius 2 is 1.77 bits per heavy atom. The van der Waals surface area contributed by atoms with Gasteiger partial charge in [-0.3, -0.25) is 9.59 Å². The summed E-state index contributed by atoms with van der Waals surface area (Å²) in [6, 6.07) is 6.83. The standard InChI is InChI=1S/C19H19NO6/c1-24-16-5-4-10(8-17(16)25-2)11-6-14-12(15(21)7-11)9-13(18(22)20-14)19(23)26-3/h4-5,8-9,11H,6-7H2,1-3H3,(H,20,22). The van der Waals surface area contributed by atoms with Crippen LogP contribution in [0.1, 0.15) is 44.3 Å².